The van der Waals surface area contributed by atoms with E-state index < -0.39 is 0 Å². The zero-order chi connectivity index (χ0) is 16.4. The maximum Gasteiger partial charge on any atom is 0.269 e. The Bertz CT molecular complexity index is 726. The maximum atomic E-state index is 11.0. The topological polar surface area (TPSA) is 52.4 Å². The lowest BCUT2D eigenvalue weighted by molar-refractivity contribution is -0.385. The van der Waals surface area contributed by atoms with Crippen LogP contribution in [0, 0.1) is 24.0 Å². The van der Waals surface area contributed by atoms with Crippen LogP contribution in [-0.4, -0.2) is 11.5 Å². The van der Waals surface area contributed by atoms with E-state index in [1.54, 1.807) is 12.1 Å². The van der Waals surface area contributed by atoms with E-state index >= 15 is 0 Å². The van der Waals surface area contributed by atoms with Gasteiger partial charge in [-0.25, -0.2) is 0 Å². The minimum atomic E-state index is -0.354. The predicted molar refractivity (Wildman–Crippen MR) is 89.7 cm³/mol. The van der Waals surface area contributed by atoms with Crippen LogP contribution < -0.4 is 0 Å². The highest BCUT2D eigenvalue weighted by Gasteiger charge is 2.26. The molecule has 0 amide bonds. The van der Waals surface area contributed by atoms with E-state index in [1.807, 2.05) is 6.07 Å². The average molecular weight is 311 g/mol. The predicted octanol–water partition coefficient (Wildman–Crippen LogP) is 4.85. The Hall–Kier alpha value is -2.20. The fourth-order valence-electron chi connectivity index (χ4n) is 3.19. The second-order valence-electron chi connectivity index (χ2n) is 6.28. The van der Waals surface area contributed by atoms with E-state index in [0.29, 0.717) is 12.5 Å². The molecule has 2 aromatic rings. The van der Waals surface area contributed by atoms with Crippen molar-refractivity contribution in [1.82, 2.24) is 0 Å². The van der Waals surface area contributed by atoms with Gasteiger partial charge in [-0.1, -0.05) is 30.3 Å². The van der Waals surface area contributed by atoms with Gasteiger partial charge >= 0.3 is 0 Å². The molecule has 0 N–H and O–H groups in total. The quantitative estimate of drug-likeness (QED) is 0.601. The molecule has 1 heterocycles. The Labute approximate surface area is 136 Å². The van der Waals surface area contributed by atoms with E-state index in [0.717, 1.165) is 18.4 Å². The molecule has 1 saturated heterocycles. The summed E-state index contributed by atoms with van der Waals surface area (Å²) in [5.41, 5.74) is 4.97. The van der Waals surface area contributed by atoms with E-state index in [9.17, 15) is 10.1 Å². The van der Waals surface area contributed by atoms with Gasteiger partial charge in [0.15, 0.2) is 0 Å². The van der Waals surface area contributed by atoms with Gasteiger partial charge in [0.25, 0.3) is 5.69 Å². The molecule has 2 atom stereocenters. The molecule has 2 aromatic carbocycles. The molecule has 1 fully saturated rings. The number of nitro benzene ring substituents is 1. The molecule has 3 rings (SSSR count). The average Bonchev–Trinajstić information content (AvgIpc) is 2.57. The molecule has 1 aliphatic heterocycles. The van der Waals surface area contributed by atoms with Crippen LogP contribution in [0.15, 0.2) is 42.5 Å². The minimum absolute atomic E-state index is 0.0738. The molecule has 0 unspecified atom stereocenters. The summed E-state index contributed by atoms with van der Waals surface area (Å²) in [4.78, 5) is 10.6. The fraction of sp³-hybridized carbons (Fsp3) is 0.368. The first kappa shape index (κ1) is 15.7. The molecule has 23 heavy (non-hydrogen) atoms. The van der Waals surface area contributed by atoms with Crippen LogP contribution in [0.1, 0.15) is 47.1 Å². The van der Waals surface area contributed by atoms with Crippen LogP contribution in [0.25, 0.3) is 0 Å². The number of hydrogen-bond donors (Lipinski definition) is 0. The molecule has 0 radical (unpaired) electrons. The highest BCUT2D eigenvalue weighted by atomic mass is 16.6. The van der Waals surface area contributed by atoms with Gasteiger partial charge in [0.2, 0.25) is 0 Å². The monoisotopic (exact) mass is 311 g/mol. The van der Waals surface area contributed by atoms with E-state index in [4.69, 9.17) is 4.74 Å². The molecule has 0 bridgehead atoms. The molecule has 1 aliphatic rings. The van der Waals surface area contributed by atoms with Gasteiger partial charge in [-0.15, -0.1) is 0 Å². The number of nitrogens with zero attached hydrogens (tertiary/aromatic N) is 1. The number of benzene rings is 2. The van der Waals surface area contributed by atoms with Crippen molar-refractivity contribution in [3.63, 3.8) is 0 Å². The smallest absolute Gasteiger partial charge is 0.269 e. The summed E-state index contributed by atoms with van der Waals surface area (Å²) < 4.78 is 5.88. The van der Waals surface area contributed by atoms with Crippen molar-refractivity contribution in [3.05, 3.63) is 74.8 Å². The lowest BCUT2D eigenvalue weighted by atomic mass is 9.85. The van der Waals surface area contributed by atoms with Crippen molar-refractivity contribution in [2.45, 2.75) is 38.7 Å². The van der Waals surface area contributed by atoms with Gasteiger partial charge in [-0.2, -0.15) is 0 Å². The summed E-state index contributed by atoms with van der Waals surface area (Å²) in [6.45, 7) is 4.94. The standard InChI is InChI=1S/C19H21NO3/c1-13-6-7-15(10-14(13)2)16-8-9-23-19(12-16)17-4-3-5-18(11-17)20(21)22/h3-7,10-11,16,19H,8-9,12H2,1-2H3/t16-,19+/m0/s1. The third-order valence-electron chi connectivity index (χ3n) is 4.74. The van der Waals surface area contributed by atoms with Crippen LogP contribution in [-0.2, 0) is 4.74 Å². The SMILES string of the molecule is Cc1ccc([C@H]2CCO[C@@H](c3cccc([N+](=O)[O-])c3)C2)cc1C. The van der Waals surface area contributed by atoms with Gasteiger partial charge in [-0.3, -0.25) is 10.1 Å². The Morgan fingerprint density at radius 1 is 1.09 bits per heavy atom. The van der Waals surface area contributed by atoms with Crippen molar-refractivity contribution < 1.29 is 9.66 Å². The zero-order valence-corrected chi connectivity index (χ0v) is 13.5. The second kappa shape index (κ2) is 6.50. The molecular formula is C19H21NO3. The van der Waals surface area contributed by atoms with Crippen LogP contribution in [0.3, 0.4) is 0 Å². The molecule has 4 nitrogen and oxygen atoms in total. The number of hydrogen-bond acceptors (Lipinski definition) is 3. The van der Waals surface area contributed by atoms with Gasteiger partial charge in [0.1, 0.15) is 0 Å². The van der Waals surface area contributed by atoms with Gasteiger partial charge in [0.05, 0.1) is 11.0 Å². The fourth-order valence-corrected chi connectivity index (χ4v) is 3.19. The van der Waals surface area contributed by atoms with Gasteiger partial charge < -0.3 is 4.74 Å². The normalized spacial score (nSPS) is 21.1. The first-order valence-corrected chi connectivity index (χ1v) is 7.97. The van der Waals surface area contributed by atoms with Crippen LogP contribution in [0.5, 0.6) is 0 Å². The van der Waals surface area contributed by atoms with Crippen molar-refractivity contribution in [1.29, 1.82) is 0 Å². The number of non-ortho nitro benzene ring substituents is 1. The van der Waals surface area contributed by atoms with Crippen LogP contribution in [0.4, 0.5) is 5.69 Å². The first-order valence-electron chi connectivity index (χ1n) is 7.97. The highest BCUT2D eigenvalue weighted by Crippen LogP contribution is 2.38. The largest absolute Gasteiger partial charge is 0.373 e. The van der Waals surface area contributed by atoms with Crippen molar-refractivity contribution in [2.75, 3.05) is 6.61 Å². The lowest BCUT2D eigenvalue weighted by Gasteiger charge is -2.30. The Kier molecular flexibility index (Phi) is 4.44. The van der Waals surface area contributed by atoms with E-state index in [-0.39, 0.29) is 16.7 Å². The molecule has 0 aromatic heterocycles. The molecule has 0 saturated carbocycles. The molecular weight excluding hydrogens is 290 g/mol. The molecule has 0 spiro atoms. The van der Waals surface area contributed by atoms with Gasteiger partial charge in [-0.05, 0) is 54.9 Å². The van der Waals surface area contributed by atoms with Crippen molar-refractivity contribution in [2.24, 2.45) is 0 Å². The number of ether oxygens (including phenoxy) is 1. The van der Waals surface area contributed by atoms with Crippen LogP contribution >= 0.6 is 0 Å². The lowest BCUT2D eigenvalue weighted by Crippen LogP contribution is -2.19. The summed E-state index contributed by atoms with van der Waals surface area (Å²) >= 11 is 0. The second-order valence-corrected chi connectivity index (χ2v) is 6.28. The molecule has 4 heteroatoms. The number of aryl methyl sites for hydroxylation is 2. The number of rotatable bonds is 3. The molecule has 0 aliphatic carbocycles. The third kappa shape index (κ3) is 3.42. The van der Waals surface area contributed by atoms with E-state index in [1.165, 1.54) is 22.8 Å². The summed E-state index contributed by atoms with van der Waals surface area (Å²) in [7, 11) is 0. The van der Waals surface area contributed by atoms with Crippen molar-refractivity contribution >= 4 is 5.69 Å². The van der Waals surface area contributed by atoms with Crippen LogP contribution in [0.2, 0.25) is 0 Å². The summed E-state index contributed by atoms with van der Waals surface area (Å²) in [5, 5.41) is 11.0. The minimum Gasteiger partial charge on any atom is -0.373 e. The summed E-state index contributed by atoms with van der Waals surface area (Å²) in [6.07, 6.45) is 1.78. The van der Waals surface area contributed by atoms with Crippen molar-refractivity contribution in [3.8, 4) is 0 Å². The first-order chi connectivity index (χ1) is 11.0. The van der Waals surface area contributed by atoms with Gasteiger partial charge in [0, 0.05) is 18.7 Å². The Morgan fingerprint density at radius 3 is 2.65 bits per heavy atom. The Morgan fingerprint density at radius 2 is 1.91 bits per heavy atom. The zero-order valence-electron chi connectivity index (χ0n) is 13.5. The maximum absolute atomic E-state index is 11.0. The number of nitro groups is 1. The summed E-state index contributed by atoms with van der Waals surface area (Å²) in [5.74, 6) is 0.437. The van der Waals surface area contributed by atoms with E-state index in [2.05, 4.69) is 32.0 Å². The summed E-state index contributed by atoms with van der Waals surface area (Å²) in [6, 6.07) is 13.4. The molecule has 120 valence electrons. The highest BCUT2D eigenvalue weighted by molar-refractivity contribution is 5.36. The third-order valence-corrected chi connectivity index (χ3v) is 4.74. The Balaban J connectivity index is 1.81.